The molecule has 3 rings (SSSR count). The number of likely N-dealkylation sites (N-methyl/N-ethyl adjacent to an activating group) is 1. The van der Waals surface area contributed by atoms with Gasteiger partial charge in [-0.05, 0) is 43.7 Å². The minimum atomic E-state index is -0.251. The van der Waals surface area contributed by atoms with Crippen molar-refractivity contribution in [1.29, 1.82) is 0 Å². The lowest BCUT2D eigenvalue weighted by atomic mass is 10.0. The minimum Gasteiger partial charge on any atom is -0.377 e. The molecule has 0 radical (unpaired) electrons. The molecular formula is C19H24FN3O2. The van der Waals surface area contributed by atoms with E-state index in [1.54, 1.807) is 30.6 Å². The van der Waals surface area contributed by atoms with Crippen LogP contribution in [0, 0.1) is 5.82 Å². The Balaban J connectivity index is 1.62. The summed E-state index contributed by atoms with van der Waals surface area (Å²) in [5.41, 5.74) is 0.953. The van der Waals surface area contributed by atoms with Crippen LogP contribution in [-0.4, -0.2) is 54.4 Å². The smallest absolute Gasteiger partial charge is 0.149 e. The van der Waals surface area contributed by atoms with Crippen molar-refractivity contribution >= 4 is 0 Å². The Morgan fingerprint density at radius 2 is 2.04 bits per heavy atom. The number of benzene rings is 1. The zero-order chi connectivity index (χ0) is 17.5. The molecule has 0 aliphatic carbocycles. The number of halogens is 1. The van der Waals surface area contributed by atoms with Gasteiger partial charge in [0, 0.05) is 25.5 Å². The average Bonchev–Trinajstić information content (AvgIpc) is 3.15. The molecule has 1 aromatic heterocycles. The molecule has 1 fully saturated rings. The molecule has 2 aromatic rings. The van der Waals surface area contributed by atoms with E-state index in [1.807, 2.05) is 7.05 Å². The summed E-state index contributed by atoms with van der Waals surface area (Å²) in [6, 6.07) is 8.13. The fraction of sp³-hybridized carbons (Fsp3) is 0.474. The normalized spacial score (nSPS) is 18.6. The second-order valence-electron chi connectivity index (χ2n) is 6.25. The van der Waals surface area contributed by atoms with E-state index in [0.717, 1.165) is 25.0 Å². The molecule has 134 valence electrons. The molecule has 5 nitrogen and oxygen atoms in total. The van der Waals surface area contributed by atoms with Gasteiger partial charge in [-0.25, -0.2) is 14.4 Å². The molecule has 0 bridgehead atoms. The molecule has 1 aromatic carbocycles. The van der Waals surface area contributed by atoms with Crippen LogP contribution in [-0.2, 0) is 9.47 Å². The molecule has 0 N–H and O–H groups in total. The van der Waals surface area contributed by atoms with Crippen molar-refractivity contribution in [1.82, 2.24) is 14.9 Å². The Bertz CT molecular complexity index is 633. The molecule has 0 spiro atoms. The van der Waals surface area contributed by atoms with Gasteiger partial charge in [0.05, 0.1) is 25.4 Å². The van der Waals surface area contributed by atoms with Crippen molar-refractivity contribution in [2.45, 2.75) is 25.0 Å². The standard InChI is InChI=1S/C19H24FN3O2/c1-23(11-13-24-14-17-4-2-12-25-17)18(19-21-9-3-10-22-19)15-5-7-16(20)8-6-15/h3,5-10,17-18H,2,4,11-14H2,1H3/t17-,18+/m0/s1. The summed E-state index contributed by atoms with van der Waals surface area (Å²) in [7, 11) is 2.00. The van der Waals surface area contributed by atoms with E-state index in [1.165, 1.54) is 12.1 Å². The number of ether oxygens (including phenoxy) is 2. The van der Waals surface area contributed by atoms with Crippen LogP contribution in [0.5, 0.6) is 0 Å². The molecule has 25 heavy (non-hydrogen) atoms. The predicted octanol–water partition coefficient (Wildman–Crippen LogP) is 2.83. The summed E-state index contributed by atoms with van der Waals surface area (Å²) in [6.07, 6.45) is 5.87. The van der Waals surface area contributed by atoms with Crippen LogP contribution in [0.25, 0.3) is 0 Å². The molecule has 2 atom stereocenters. The van der Waals surface area contributed by atoms with Gasteiger partial charge in [0.1, 0.15) is 11.6 Å². The molecule has 0 unspecified atom stereocenters. The van der Waals surface area contributed by atoms with Gasteiger partial charge in [-0.1, -0.05) is 12.1 Å². The van der Waals surface area contributed by atoms with Gasteiger partial charge in [0.15, 0.2) is 0 Å². The maximum Gasteiger partial charge on any atom is 0.149 e. The number of hydrogen-bond donors (Lipinski definition) is 0. The number of nitrogens with zero attached hydrogens (tertiary/aromatic N) is 3. The van der Waals surface area contributed by atoms with Crippen LogP contribution < -0.4 is 0 Å². The second-order valence-corrected chi connectivity index (χ2v) is 6.25. The van der Waals surface area contributed by atoms with Crippen molar-refractivity contribution < 1.29 is 13.9 Å². The van der Waals surface area contributed by atoms with E-state index < -0.39 is 0 Å². The Labute approximate surface area is 147 Å². The van der Waals surface area contributed by atoms with Gasteiger partial charge in [-0.15, -0.1) is 0 Å². The van der Waals surface area contributed by atoms with Gasteiger partial charge in [0.25, 0.3) is 0 Å². The molecule has 6 heteroatoms. The first-order chi connectivity index (χ1) is 12.2. The lowest BCUT2D eigenvalue weighted by Crippen LogP contribution is -2.31. The highest BCUT2D eigenvalue weighted by molar-refractivity contribution is 5.25. The first-order valence-electron chi connectivity index (χ1n) is 8.66. The molecule has 0 amide bonds. The third-order valence-electron chi connectivity index (χ3n) is 4.37. The topological polar surface area (TPSA) is 47.5 Å². The summed E-state index contributed by atoms with van der Waals surface area (Å²) < 4.78 is 24.6. The van der Waals surface area contributed by atoms with E-state index in [0.29, 0.717) is 25.6 Å². The Morgan fingerprint density at radius 1 is 1.28 bits per heavy atom. The highest BCUT2D eigenvalue weighted by atomic mass is 19.1. The molecule has 1 saturated heterocycles. The SMILES string of the molecule is CN(CCOC[C@@H]1CCCO1)[C@H](c1ccc(F)cc1)c1ncccn1. The van der Waals surface area contributed by atoms with Crippen molar-refractivity contribution in [2.24, 2.45) is 0 Å². The monoisotopic (exact) mass is 345 g/mol. The minimum absolute atomic E-state index is 0.145. The Morgan fingerprint density at radius 3 is 2.72 bits per heavy atom. The highest BCUT2D eigenvalue weighted by Gasteiger charge is 2.22. The second kappa shape index (κ2) is 8.99. The Hall–Kier alpha value is -1.89. The van der Waals surface area contributed by atoms with Crippen LogP contribution in [0.4, 0.5) is 4.39 Å². The van der Waals surface area contributed by atoms with Crippen LogP contribution in [0.2, 0.25) is 0 Å². The summed E-state index contributed by atoms with van der Waals surface area (Å²) in [6.45, 7) is 2.79. The highest BCUT2D eigenvalue weighted by Crippen LogP contribution is 2.24. The van der Waals surface area contributed by atoms with E-state index in [9.17, 15) is 4.39 Å². The zero-order valence-corrected chi connectivity index (χ0v) is 14.5. The molecule has 1 aliphatic heterocycles. The molecule has 2 heterocycles. The van der Waals surface area contributed by atoms with Crippen molar-refractivity contribution in [3.05, 3.63) is 59.9 Å². The number of hydrogen-bond acceptors (Lipinski definition) is 5. The summed E-state index contributed by atoms with van der Waals surface area (Å²) >= 11 is 0. The van der Waals surface area contributed by atoms with Crippen molar-refractivity contribution in [2.75, 3.05) is 33.4 Å². The van der Waals surface area contributed by atoms with E-state index >= 15 is 0 Å². The quantitative estimate of drug-likeness (QED) is 0.689. The lowest BCUT2D eigenvalue weighted by Gasteiger charge is -2.27. The molecule has 1 aliphatic rings. The fourth-order valence-corrected chi connectivity index (χ4v) is 3.03. The fourth-order valence-electron chi connectivity index (χ4n) is 3.03. The van der Waals surface area contributed by atoms with Crippen LogP contribution in [0.15, 0.2) is 42.7 Å². The van der Waals surface area contributed by atoms with Gasteiger partial charge in [-0.3, -0.25) is 4.90 Å². The largest absolute Gasteiger partial charge is 0.377 e. The predicted molar refractivity (Wildman–Crippen MR) is 92.7 cm³/mol. The third kappa shape index (κ3) is 5.04. The van der Waals surface area contributed by atoms with Crippen molar-refractivity contribution in [3.8, 4) is 0 Å². The van der Waals surface area contributed by atoms with Crippen LogP contribution >= 0.6 is 0 Å². The maximum atomic E-state index is 13.3. The van der Waals surface area contributed by atoms with Crippen LogP contribution in [0.3, 0.4) is 0 Å². The van der Waals surface area contributed by atoms with Gasteiger partial charge in [-0.2, -0.15) is 0 Å². The Kier molecular flexibility index (Phi) is 6.44. The number of rotatable bonds is 8. The lowest BCUT2D eigenvalue weighted by molar-refractivity contribution is 0.0102. The molecule has 0 saturated carbocycles. The van der Waals surface area contributed by atoms with E-state index in [2.05, 4.69) is 14.9 Å². The molecular weight excluding hydrogens is 321 g/mol. The van der Waals surface area contributed by atoms with Gasteiger partial charge < -0.3 is 9.47 Å². The first kappa shape index (κ1) is 17.9. The zero-order valence-electron chi connectivity index (χ0n) is 14.5. The van der Waals surface area contributed by atoms with Gasteiger partial charge >= 0.3 is 0 Å². The summed E-state index contributed by atoms with van der Waals surface area (Å²) in [4.78, 5) is 10.9. The summed E-state index contributed by atoms with van der Waals surface area (Å²) in [5, 5.41) is 0. The first-order valence-corrected chi connectivity index (χ1v) is 8.66. The average molecular weight is 345 g/mol. The third-order valence-corrected chi connectivity index (χ3v) is 4.37. The van der Waals surface area contributed by atoms with Crippen molar-refractivity contribution in [3.63, 3.8) is 0 Å². The van der Waals surface area contributed by atoms with Crippen LogP contribution in [0.1, 0.15) is 30.3 Å². The number of aromatic nitrogens is 2. The van der Waals surface area contributed by atoms with E-state index in [-0.39, 0.29) is 18.0 Å². The van der Waals surface area contributed by atoms with Gasteiger partial charge in [0.2, 0.25) is 0 Å². The van der Waals surface area contributed by atoms with E-state index in [4.69, 9.17) is 9.47 Å². The maximum absolute atomic E-state index is 13.3. The summed E-state index contributed by atoms with van der Waals surface area (Å²) in [5.74, 6) is 0.440.